The molecule has 6 nitrogen and oxygen atoms in total. The highest BCUT2D eigenvalue weighted by Crippen LogP contribution is 2.37. The minimum absolute atomic E-state index is 0.0198. The average Bonchev–Trinajstić information content (AvgIpc) is 2.57. The van der Waals surface area contributed by atoms with Crippen molar-refractivity contribution in [1.82, 2.24) is 10.2 Å². The first kappa shape index (κ1) is 19.1. The van der Waals surface area contributed by atoms with Crippen molar-refractivity contribution < 1.29 is 19.1 Å². The number of rotatable bonds is 6. The van der Waals surface area contributed by atoms with Crippen LogP contribution in [0.15, 0.2) is 34.8 Å². The van der Waals surface area contributed by atoms with Crippen molar-refractivity contribution in [3.8, 4) is 11.5 Å². The van der Waals surface area contributed by atoms with E-state index in [-0.39, 0.29) is 17.2 Å². The molecule has 0 radical (unpaired) electrons. The molecule has 1 aliphatic rings. The lowest BCUT2D eigenvalue weighted by atomic mass is 10.1. The predicted molar refractivity (Wildman–Crippen MR) is 102 cm³/mol. The summed E-state index contributed by atoms with van der Waals surface area (Å²) in [5, 5.41) is 2.57. The molecule has 8 heteroatoms. The van der Waals surface area contributed by atoms with Gasteiger partial charge < -0.3 is 9.47 Å². The monoisotopic (exact) mass is 424 g/mol. The van der Waals surface area contributed by atoms with Crippen molar-refractivity contribution in [2.75, 3.05) is 20.3 Å². The van der Waals surface area contributed by atoms with Crippen LogP contribution >= 0.6 is 28.1 Å². The molecule has 1 aromatic carbocycles. The fourth-order valence-electron chi connectivity index (χ4n) is 2.26. The van der Waals surface area contributed by atoms with Crippen LogP contribution in [0.2, 0.25) is 0 Å². The summed E-state index contributed by atoms with van der Waals surface area (Å²) in [6, 6.07) is 3.43. The summed E-state index contributed by atoms with van der Waals surface area (Å²) in [6.07, 6.45) is 3.02. The standard InChI is InChI=1S/C17H17BrN2O4S/c1-4-6-20-16(22)11(15(21)19-17(20)25)7-10-8-12(18)14(24-5-2)13(9-10)23-3/h4,7-9H,1,5-6H2,2-3H3,(H,19,21,25)/b11-7-. The first-order valence-electron chi connectivity index (χ1n) is 7.43. The highest BCUT2D eigenvalue weighted by molar-refractivity contribution is 9.10. The summed E-state index contributed by atoms with van der Waals surface area (Å²) < 4.78 is 11.5. The highest BCUT2D eigenvalue weighted by Gasteiger charge is 2.32. The second-order valence-corrected chi connectivity index (χ2v) is 6.23. The maximum absolute atomic E-state index is 12.5. The van der Waals surface area contributed by atoms with Crippen molar-refractivity contribution in [3.05, 3.63) is 40.4 Å². The number of thiocarbonyl (C=S) groups is 1. The zero-order valence-electron chi connectivity index (χ0n) is 13.8. The van der Waals surface area contributed by atoms with Crippen molar-refractivity contribution in [1.29, 1.82) is 0 Å². The van der Waals surface area contributed by atoms with Gasteiger partial charge in [-0.15, -0.1) is 6.58 Å². The Morgan fingerprint density at radius 3 is 2.72 bits per heavy atom. The fraction of sp³-hybridized carbons (Fsp3) is 0.235. The van der Waals surface area contributed by atoms with Crippen LogP contribution in [0.5, 0.6) is 11.5 Å². The zero-order valence-corrected chi connectivity index (χ0v) is 16.2. The van der Waals surface area contributed by atoms with E-state index in [1.165, 1.54) is 24.2 Å². The Labute approximate surface area is 159 Å². The molecule has 0 spiro atoms. The molecule has 1 saturated heterocycles. The normalized spacial score (nSPS) is 16.0. The lowest BCUT2D eigenvalue weighted by molar-refractivity contribution is -0.128. The Balaban J connectivity index is 2.46. The van der Waals surface area contributed by atoms with Gasteiger partial charge in [0.2, 0.25) is 0 Å². The first-order valence-corrected chi connectivity index (χ1v) is 8.63. The number of carbonyl (C=O) groups excluding carboxylic acids is 2. The van der Waals surface area contributed by atoms with Crippen molar-refractivity contribution in [3.63, 3.8) is 0 Å². The molecule has 1 N–H and O–H groups in total. The molecule has 2 rings (SSSR count). The van der Waals surface area contributed by atoms with Crippen LogP contribution in [-0.4, -0.2) is 42.1 Å². The van der Waals surface area contributed by atoms with Crippen LogP contribution in [0.4, 0.5) is 0 Å². The number of benzene rings is 1. The molecule has 1 aliphatic heterocycles. The van der Waals surface area contributed by atoms with Crippen LogP contribution in [-0.2, 0) is 9.59 Å². The average molecular weight is 425 g/mol. The van der Waals surface area contributed by atoms with E-state index in [1.807, 2.05) is 6.92 Å². The summed E-state index contributed by atoms with van der Waals surface area (Å²) in [4.78, 5) is 26.0. The Morgan fingerprint density at radius 2 is 2.12 bits per heavy atom. The van der Waals surface area contributed by atoms with Crippen molar-refractivity contribution in [2.24, 2.45) is 0 Å². The molecule has 1 fully saturated rings. The minimum atomic E-state index is -0.542. The van der Waals surface area contributed by atoms with E-state index in [2.05, 4.69) is 27.8 Å². The Bertz CT molecular complexity index is 776. The minimum Gasteiger partial charge on any atom is -0.493 e. The lowest BCUT2D eigenvalue weighted by Crippen LogP contribution is -2.53. The molecular formula is C17H17BrN2O4S. The molecule has 0 saturated carbocycles. The molecule has 0 bridgehead atoms. The number of ether oxygens (including phenoxy) is 2. The van der Waals surface area contributed by atoms with Gasteiger partial charge in [0.05, 0.1) is 18.2 Å². The van der Waals surface area contributed by atoms with E-state index in [0.717, 1.165) is 0 Å². The lowest BCUT2D eigenvalue weighted by Gasteiger charge is -2.27. The summed E-state index contributed by atoms with van der Waals surface area (Å²) in [5.74, 6) is 0.0307. The molecule has 0 unspecified atom stereocenters. The Hall–Kier alpha value is -2.19. The number of nitrogens with one attached hydrogen (secondary N) is 1. The Morgan fingerprint density at radius 1 is 1.40 bits per heavy atom. The third-order valence-corrected chi connectivity index (χ3v) is 4.26. The van der Waals surface area contributed by atoms with E-state index < -0.39 is 11.8 Å². The van der Waals surface area contributed by atoms with Gasteiger partial charge in [0.1, 0.15) is 5.57 Å². The van der Waals surface area contributed by atoms with E-state index in [1.54, 1.807) is 12.1 Å². The van der Waals surface area contributed by atoms with Crippen LogP contribution in [0.1, 0.15) is 12.5 Å². The third kappa shape index (κ3) is 4.08. The van der Waals surface area contributed by atoms with Crippen LogP contribution < -0.4 is 14.8 Å². The molecular weight excluding hydrogens is 408 g/mol. The van der Waals surface area contributed by atoms with Gasteiger partial charge in [-0.05, 0) is 58.8 Å². The number of nitrogens with zero attached hydrogens (tertiary/aromatic N) is 1. The van der Waals surface area contributed by atoms with Gasteiger partial charge in [-0.3, -0.25) is 19.8 Å². The third-order valence-electron chi connectivity index (χ3n) is 3.35. The molecule has 1 aromatic rings. The molecule has 0 atom stereocenters. The largest absolute Gasteiger partial charge is 0.493 e. The topological polar surface area (TPSA) is 67.9 Å². The number of hydrogen-bond donors (Lipinski definition) is 1. The van der Waals surface area contributed by atoms with Gasteiger partial charge in [0, 0.05) is 6.54 Å². The molecule has 25 heavy (non-hydrogen) atoms. The van der Waals surface area contributed by atoms with Gasteiger partial charge in [-0.25, -0.2) is 0 Å². The SMILES string of the molecule is C=CCN1C(=O)/C(=C\c2cc(Br)c(OCC)c(OC)c2)C(=O)NC1=S. The van der Waals surface area contributed by atoms with Gasteiger partial charge >= 0.3 is 0 Å². The van der Waals surface area contributed by atoms with Gasteiger partial charge in [0.15, 0.2) is 16.6 Å². The van der Waals surface area contributed by atoms with E-state index in [0.29, 0.717) is 28.1 Å². The molecule has 0 aliphatic carbocycles. The second kappa shape index (κ2) is 8.26. The summed E-state index contributed by atoms with van der Waals surface area (Å²) in [6.45, 7) is 6.15. The van der Waals surface area contributed by atoms with E-state index in [4.69, 9.17) is 21.7 Å². The first-order chi connectivity index (χ1) is 11.9. The van der Waals surface area contributed by atoms with Crippen molar-refractivity contribution in [2.45, 2.75) is 6.92 Å². The molecule has 2 amide bonds. The van der Waals surface area contributed by atoms with Gasteiger partial charge in [0.25, 0.3) is 11.8 Å². The van der Waals surface area contributed by atoms with E-state index in [9.17, 15) is 9.59 Å². The molecule has 0 aromatic heterocycles. The number of hydrogen-bond acceptors (Lipinski definition) is 5. The second-order valence-electron chi connectivity index (χ2n) is 4.99. The maximum atomic E-state index is 12.5. The van der Waals surface area contributed by atoms with Crippen LogP contribution in [0.3, 0.4) is 0 Å². The molecule has 132 valence electrons. The summed E-state index contributed by atoms with van der Waals surface area (Å²) in [7, 11) is 1.52. The summed E-state index contributed by atoms with van der Waals surface area (Å²) >= 11 is 8.44. The highest BCUT2D eigenvalue weighted by atomic mass is 79.9. The van der Waals surface area contributed by atoms with Crippen LogP contribution in [0, 0.1) is 0 Å². The van der Waals surface area contributed by atoms with Crippen LogP contribution in [0.25, 0.3) is 6.08 Å². The fourth-order valence-corrected chi connectivity index (χ4v) is 3.09. The zero-order chi connectivity index (χ0) is 18.6. The smallest absolute Gasteiger partial charge is 0.265 e. The molecule has 1 heterocycles. The maximum Gasteiger partial charge on any atom is 0.265 e. The Kier molecular flexibility index (Phi) is 6.33. The van der Waals surface area contributed by atoms with Gasteiger partial charge in [-0.1, -0.05) is 6.08 Å². The number of methoxy groups -OCH3 is 1. The van der Waals surface area contributed by atoms with E-state index >= 15 is 0 Å². The number of amides is 2. The van der Waals surface area contributed by atoms with Gasteiger partial charge in [-0.2, -0.15) is 0 Å². The number of halogens is 1. The number of carbonyl (C=O) groups is 2. The summed E-state index contributed by atoms with van der Waals surface area (Å²) in [5.41, 5.74) is 0.589. The predicted octanol–water partition coefficient (Wildman–Crippen LogP) is 2.67. The van der Waals surface area contributed by atoms with Crippen molar-refractivity contribution >= 4 is 51.2 Å². The quantitative estimate of drug-likeness (QED) is 0.329.